The van der Waals surface area contributed by atoms with Crippen molar-refractivity contribution in [3.8, 4) is 6.07 Å². The third-order valence-corrected chi connectivity index (χ3v) is 3.33. The van der Waals surface area contributed by atoms with Crippen molar-refractivity contribution in [3.63, 3.8) is 0 Å². The fourth-order valence-electron chi connectivity index (χ4n) is 2.29. The third kappa shape index (κ3) is 3.90. The molecule has 0 bridgehead atoms. The molecular formula is C18H17N3O3. The van der Waals surface area contributed by atoms with Gasteiger partial charge in [0, 0.05) is 17.5 Å². The van der Waals surface area contributed by atoms with Gasteiger partial charge in [0.15, 0.2) is 0 Å². The highest BCUT2D eigenvalue weighted by atomic mass is 16.5. The first-order valence-corrected chi connectivity index (χ1v) is 7.38. The summed E-state index contributed by atoms with van der Waals surface area (Å²) in [5.41, 5.74) is 7.70. The van der Waals surface area contributed by atoms with Crippen LogP contribution in [0.4, 0.5) is 5.69 Å². The zero-order valence-corrected chi connectivity index (χ0v) is 13.2. The van der Waals surface area contributed by atoms with E-state index in [-0.39, 0.29) is 18.7 Å². The molecule has 0 fully saturated rings. The molecule has 0 spiro atoms. The molecule has 24 heavy (non-hydrogen) atoms. The molecule has 0 radical (unpaired) electrons. The standard InChI is InChI=1S/C18H17N3O3/c1-2-24-18(23)14(11-19)8-7-13-9-10-21(12-17(20)22)16-6-4-3-5-15(13)16/h3-10H,2,12H2,1H3,(H2,20,22)/b13-7+,14-8+. The van der Waals surface area contributed by atoms with Gasteiger partial charge in [0.05, 0.1) is 6.61 Å². The molecule has 0 aromatic heterocycles. The van der Waals surface area contributed by atoms with Crippen LogP contribution in [0.3, 0.4) is 0 Å². The number of benzene rings is 1. The number of primary amides is 1. The van der Waals surface area contributed by atoms with E-state index in [0.717, 1.165) is 16.8 Å². The van der Waals surface area contributed by atoms with Gasteiger partial charge >= 0.3 is 5.97 Å². The molecule has 0 saturated carbocycles. The average Bonchev–Trinajstić information content (AvgIpc) is 2.57. The van der Waals surface area contributed by atoms with Gasteiger partial charge in [-0.1, -0.05) is 24.3 Å². The third-order valence-electron chi connectivity index (χ3n) is 3.33. The van der Waals surface area contributed by atoms with Crippen molar-refractivity contribution >= 4 is 23.1 Å². The Bertz CT molecular complexity index is 785. The predicted molar refractivity (Wildman–Crippen MR) is 90.4 cm³/mol. The Morgan fingerprint density at radius 1 is 1.38 bits per heavy atom. The van der Waals surface area contributed by atoms with E-state index in [1.807, 2.05) is 30.3 Å². The van der Waals surface area contributed by atoms with Gasteiger partial charge in [0.2, 0.25) is 5.91 Å². The summed E-state index contributed by atoms with van der Waals surface area (Å²) in [6, 6.07) is 9.32. The highest BCUT2D eigenvalue weighted by molar-refractivity contribution is 5.94. The van der Waals surface area contributed by atoms with E-state index in [1.165, 1.54) is 6.08 Å². The minimum atomic E-state index is -0.653. The molecule has 0 saturated heterocycles. The second-order valence-electron chi connectivity index (χ2n) is 4.96. The van der Waals surface area contributed by atoms with Crippen LogP contribution >= 0.6 is 0 Å². The van der Waals surface area contributed by atoms with E-state index in [0.29, 0.717) is 0 Å². The number of nitrogens with two attached hydrogens (primary N) is 1. The molecule has 2 rings (SSSR count). The van der Waals surface area contributed by atoms with E-state index in [4.69, 9.17) is 15.7 Å². The number of rotatable bonds is 5. The Labute approximate surface area is 140 Å². The number of fused-ring (bicyclic) bond motifs is 1. The Morgan fingerprint density at radius 2 is 2.12 bits per heavy atom. The highest BCUT2D eigenvalue weighted by Gasteiger charge is 2.17. The van der Waals surface area contributed by atoms with Gasteiger partial charge in [-0.15, -0.1) is 0 Å². The number of anilines is 1. The number of hydrogen-bond acceptors (Lipinski definition) is 5. The fourth-order valence-corrected chi connectivity index (χ4v) is 2.29. The maximum absolute atomic E-state index is 11.6. The first-order valence-electron chi connectivity index (χ1n) is 7.38. The summed E-state index contributed by atoms with van der Waals surface area (Å²) in [5, 5.41) is 9.06. The molecule has 1 aromatic rings. The summed E-state index contributed by atoms with van der Waals surface area (Å²) in [7, 11) is 0. The van der Waals surface area contributed by atoms with Gasteiger partial charge in [-0.3, -0.25) is 4.79 Å². The van der Waals surface area contributed by atoms with Crippen molar-refractivity contribution in [2.75, 3.05) is 18.1 Å². The van der Waals surface area contributed by atoms with E-state index in [2.05, 4.69) is 0 Å². The monoisotopic (exact) mass is 323 g/mol. The Hall–Kier alpha value is -3.33. The number of nitriles is 1. The average molecular weight is 323 g/mol. The summed E-state index contributed by atoms with van der Waals surface area (Å²) >= 11 is 0. The van der Waals surface area contributed by atoms with Crippen LogP contribution < -0.4 is 10.6 Å². The number of esters is 1. The van der Waals surface area contributed by atoms with Gasteiger partial charge in [-0.25, -0.2) is 4.79 Å². The normalized spacial score (nSPS) is 14.9. The molecule has 1 aromatic carbocycles. The topological polar surface area (TPSA) is 96.4 Å². The van der Waals surface area contributed by atoms with Crippen LogP contribution in [-0.2, 0) is 14.3 Å². The molecule has 0 atom stereocenters. The van der Waals surface area contributed by atoms with Crippen molar-refractivity contribution in [2.24, 2.45) is 5.73 Å². The van der Waals surface area contributed by atoms with E-state index >= 15 is 0 Å². The lowest BCUT2D eigenvalue weighted by molar-refractivity contribution is -0.138. The number of nitrogens with zero attached hydrogens (tertiary/aromatic N) is 2. The molecule has 1 aliphatic heterocycles. The Kier molecular flexibility index (Phi) is 5.53. The number of carbonyl (C=O) groups excluding carboxylic acids is 2. The fraction of sp³-hybridized carbons (Fsp3) is 0.167. The van der Waals surface area contributed by atoms with E-state index in [9.17, 15) is 9.59 Å². The van der Waals surface area contributed by atoms with Crippen molar-refractivity contribution in [3.05, 3.63) is 59.8 Å². The molecule has 1 aliphatic rings. The summed E-state index contributed by atoms with van der Waals surface area (Å²) in [5.74, 6) is -1.09. The van der Waals surface area contributed by atoms with Crippen LogP contribution in [0, 0.1) is 11.3 Å². The molecule has 2 N–H and O–H groups in total. The maximum Gasteiger partial charge on any atom is 0.348 e. The lowest BCUT2D eigenvalue weighted by Gasteiger charge is -2.26. The number of carbonyl (C=O) groups is 2. The van der Waals surface area contributed by atoms with Crippen LogP contribution in [-0.4, -0.2) is 25.0 Å². The summed E-state index contributed by atoms with van der Waals surface area (Å²) in [4.78, 5) is 24.6. The minimum absolute atomic E-state index is 0.0723. The lowest BCUT2D eigenvalue weighted by Crippen LogP contribution is -2.31. The zero-order chi connectivity index (χ0) is 17.5. The second kappa shape index (κ2) is 7.79. The van der Waals surface area contributed by atoms with Crippen molar-refractivity contribution in [1.82, 2.24) is 0 Å². The molecule has 6 heteroatoms. The van der Waals surface area contributed by atoms with Crippen LogP contribution in [0.5, 0.6) is 0 Å². The molecular weight excluding hydrogens is 306 g/mol. The summed E-state index contributed by atoms with van der Waals surface area (Å²) < 4.78 is 4.83. The maximum atomic E-state index is 11.6. The smallest absolute Gasteiger partial charge is 0.348 e. The van der Waals surface area contributed by atoms with E-state index in [1.54, 1.807) is 30.2 Å². The molecule has 6 nitrogen and oxygen atoms in total. The van der Waals surface area contributed by atoms with Gasteiger partial charge < -0.3 is 15.4 Å². The molecule has 0 aliphatic carbocycles. The lowest BCUT2D eigenvalue weighted by atomic mass is 9.99. The van der Waals surface area contributed by atoms with Crippen LogP contribution in [0.1, 0.15) is 12.5 Å². The van der Waals surface area contributed by atoms with Crippen LogP contribution in [0.2, 0.25) is 0 Å². The molecule has 0 unspecified atom stereocenters. The number of ether oxygens (including phenoxy) is 1. The SMILES string of the molecule is CCOC(=O)/C(C#N)=C/C=C1\C=CN(CC(N)=O)c2ccccc21. The highest BCUT2D eigenvalue weighted by Crippen LogP contribution is 2.32. The number of para-hydroxylation sites is 1. The number of amides is 1. The molecule has 1 heterocycles. The van der Waals surface area contributed by atoms with Gasteiger partial charge in [-0.05, 0) is 30.7 Å². The van der Waals surface area contributed by atoms with Crippen LogP contribution in [0.15, 0.2) is 54.3 Å². The van der Waals surface area contributed by atoms with E-state index < -0.39 is 11.9 Å². The second-order valence-corrected chi connectivity index (χ2v) is 4.96. The first-order chi connectivity index (χ1) is 11.6. The predicted octanol–water partition coefficient (Wildman–Crippen LogP) is 1.90. The minimum Gasteiger partial charge on any atom is -0.462 e. The van der Waals surface area contributed by atoms with Crippen molar-refractivity contribution < 1.29 is 14.3 Å². The molecule has 122 valence electrons. The zero-order valence-electron chi connectivity index (χ0n) is 13.2. The largest absolute Gasteiger partial charge is 0.462 e. The van der Waals surface area contributed by atoms with Crippen molar-refractivity contribution in [2.45, 2.75) is 6.92 Å². The van der Waals surface area contributed by atoms with Crippen molar-refractivity contribution in [1.29, 1.82) is 5.26 Å². The summed E-state index contributed by atoms with van der Waals surface area (Å²) in [6.45, 7) is 1.96. The number of hydrogen-bond donors (Lipinski definition) is 1. The van der Waals surface area contributed by atoms with Gasteiger partial charge in [0.1, 0.15) is 18.2 Å². The Balaban J connectivity index is 2.37. The quantitative estimate of drug-likeness (QED) is 0.507. The number of allylic oxidation sites excluding steroid dienone is 4. The first kappa shape index (κ1) is 17.0. The van der Waals surface area contributed by atoms with Crippen LogP contribution in [0.25, 0.3) is 5.57 Å². The van der Waals surface area contributed by atoms with Gasteiger partial charge in [0.25, 0.3) is 0 Å². The van der Waals surface area contributed by atoms with Gasteiger partial charge in [-0.2, -0.15) is 5.26 Å². The summed E-state index contributed by atoms with van der Waals surface area (Å²) in [6.07, 6.45) is 6.63. The molecule has 1 amide bonds. The Morgan fingerprint density at radius 3 is 2.79 bits per heavy atom.